The van der Waals surface area contributed by atoms with Crippen LogP contribution in [0.2, 0.25) is 0 Å². The Hall–Kier alpha value is -0.570. The van der Waals surface area contributed by atoms with Crippen molar-refractivity contribution in [2.75, 3.05) is 6.54 Å². The topological polar surface area (TPSA) is 40.5 Å². The highest BCUT2D eigenvalue weighted by Crippen LogP contribution is 2.22. The summed E-state index contributed by atoms with van der Waals surface area (Å²) < 4.78 is 0. The van der Waals surface area contributed by atoms with Crippen LogP contribution in [0, 0.1) is 5.92 Å². The predicted octanol–water partition coefficient (Wildman–Crippen LogP) is 1.97. The summed E-state index contributed by atoms with van der Waals surface area (Å²) in [6.07, 6.45) is 3.51. The van der Waals surface area contributed by atoms with Crippen molar-refractivity contribution in [1.82, 2.24) is 4.90 Å². The molecule has 0 spiro atoms. The van der Waals surface area contributed by atoms with Crippen molar-refractivity contribution in [2.24, 2.45) is 5.92 Å². The molecular formula is C11H21NO2. The average Bonchev–Trinajstić information content (AvgIpc) is 2.07. The van der Waals surface area contributed by atoms with Crippen LogP contribution in [0.15, 0.2) is 0 Å². The van der Waals surface area contributed by atoms with Gasteiger partial charge in [0.25, 0.3) is 0 Å². The number of piperidine rings is 1. The highest BCUT2D eigenvalue weighted by molar-refractivity contribution is 5.73. The van der Waals surface area contributed by atoms with E-state index in [-0.39, 0.29) is 12.0 Å². The van der Waals surface area contributed by atoms with Gasteiger partial charge in [0.1, 0.15) is 6.04 Å². The fourth-order valence-corrected chi connectivity index (χ4v) is 2.34. The van der Waals surface area contributed by atoms with Crippen LogP contribution in [0.4, 0.5) is 0 Å². The first-order chi connectivity index (χ1) is 6.54. The quantitative estimate of drug-likeness (QED) is 0.755. The minimum Gasteiger partial charge on any atom is -0.480 e. The van der Waals surface area contributed by atoms with Gasteiger partial charge in [0, 0.05) is 6.04 Å². The number of carbonyl (C=O) groups is 1. The molecule has 0 radical (unpaired) electrons. The Balaban J connectivity index is 2.70. The third kappa shape index (κ3) is 2.47. The van der Waals surface area contributed by atoms with Gasteiger partial charge >= 0.3 is 5.97 Å². The van der Waals surface area contributed by atoms with Crippen LogP contribution in [-0.2, 0) is 4.79 Å². The molecular weight excluding hydrogens is 178 g/mol. The number of hydrogen-bond acceptors (Lipinski definition) is 2. The number of nitrogens with zero attached hydrogens (tertiary/aromatic N) is 1. The van der Waals surface area contributed by atoms with Gasteiger partial charge in [-0.1, -0.05) is 20.3 Å². The number of carboxylic acids is 1. The van der Waals surface area contributed by atoms with E-state index >= 15 is 0 Å². The van der Waals surface area contributed by atoms with Gasteiger partial charge in [-0.3, -0.25) is 9.69 Å². The van der Waals surface area contributed by atoms with E-state index in [0.29, 0.717) is 6.04 Å². The van der Waals surface area contributed by atoms with Gasteiger partial charge in [-0.15, -0.1) is 0 Å². The van der Waals surface area contributed by atoms with Crippen molar-refractivity contribution in [3.8, 4) is 0 Å². The maximum Gasteiger partial charge on any atom is 0.321 e. The first-order valence-electron chi connectivity index (χ1n) is 5.52. The van der Waals surface area contributed by atoms with E-state index in [1.54, 1.807) is 0 Å². The lowest BCUT2D eigenvalue weighted by atomic mass is 9.95. The molecule has 1 heterocycles. The summed E-state index contributed by atoms with van der Waals surface area (Å²) in [6.45, 7) is 7.05. The van der Waals surface area contributed by atoms with Crippen molar-refractivity contribution in [3.63, 3.8) is 0 Å². The molecule has 3 heteroatoms. The van der Waals surface area contributed by atoms with Gasteiger partial charge in [0.15, 0.2) is 0 Å². The highest BCUT2D eigenvalue weighted by Gasteiger charge is 2.32. The van der Waals surface area contributed by atoms with Crippen molar-refractivity contribution in [2.45, 2.75) is 52.1 Å². The first-order valence-corrected chi connectivity index (χ1v) is 5.52. The molecule has 0 bridgehead atoms. The maximum atomic E-state index is 11.1. The minimum absolute atomic E-state index is 0.188. The summed E-state index contributed by atoms with van der Waals surface area (Å²) in [4.78, 5) is 13.3. The van der Waals surface area contributed by atoms with E-state index < -0.39 is 5.97 Å². The van der Waals surface area contributed by atoms with E-state index in [0.717, 1.165) is 19.4 Å². The SMILES string of the molecule is CC(C)[C@H](C(=O)O)N1CCCC[C@@H]1C. The Labute approximate surface area is 86.1 Å². The molecule has 0 saturated carbocycles. The number of carboxylic acid groups (broad SMARTS) is 1. The molecule has 1 aliphatic rings. The van der Waals surface area contributed by atoms with Gasteiger partial charge < -0.3 is 5.11 Å². The number of likely N-dealkylation sites (tertiary alicyclic amines) is 1. The molecule has 1 saturated heterocycles. The monoisotopic (exact) mass is 199 g/mol. The predicted molar refractivity (Wildman–Crippen MR) is 56.3 cm³/mol. The Morgan fingerprint density at radius 1 is 1.43 bits per heavy atom. The fourth-order valence-electron chi connectivity index (χ4n) is 2.34. The van der Waals surface area contributed by atoms with Crippen molar-refractivity contribution in [1.29, 1.82) is 0 Å². The average molecular weight is 199 g/mol. The maximum absolute atomic E-state index is 11.1. The highest BCUT2D eigenvalue weighted by atomic mass is 16.4. The minimum atomic E-state index is -0.672. The van der Waals surface area contributed by atoms with Gasteiger partial charge in [-0.2, -0.15) is 0 Å². The summed E-state index contributed by atoms with van der Waals surface area (Å²) in [5, 5.41) is 9.17. The van der Waals surface area contributed by atoms with Crippen LogP contribution in [-0.4, -0.2) is 34.6 Å². The second-order valence-electron chi connectivity index (χ2n) is 4.61. The Kier molecular flexibility index (Phi) is 3.93. The molecule has 0 aromatic heterocycles. The summed E-state index contributed by atoms with van der Waals surface area (Å²) in [7, 11) is 0. The molecule has 0 aromatic rings. The van der Waals surface area contributed by atoms with Crippen LogP contribution in [0.25, 0.3) is 0 Å². The molecule has 1 rings (SSSR count). The van der Waals surface area contributed by atoms with Crippen molar-refractivity contribution in [3.05, 3.63) is 0 Å². The Morgan fingerprint density at radius 2 is 2.07 bits per heavy atom. The molecule has 1 fully saturated rings. The number of rotatable bonds is 3. The lowest BCUT2D eigenvalue weighted by molar-refractivity contribution is -0.146. The summed E-state index contributed by atoms with van der Waals surface area (Å²) in [6, 6.07) is 0.123. The summed E-state index contributed by atoms with van der Waals surface area (Å²) in [5.41, 5.74) is 0. The van der Waals surface area contributed by atoms with E-state index in [1.807, 2.05) is 13.8 Å². The Bertz CT molecular complexity index is 203. The second kappa shape index (κ2) is 4.78. The molecule has 0 amide bonds. The number of hydrogen-bond donors (Lipinski definition) is 1. The molecule has 1 aliphatic heterocycles. The van der Waals surface area contributed by atoms with Crippen LogP contribution in [0.5, 0.6) is 0 Å². The molecule has 0 aromatic carbocycles. The molecule has 3 nitrogen and oxygen atoms in total. The Morgan fingerprint density at radius 3 is 2.50 bits per heavy atom. The standard InChI is InChI=1S/C11H21NO2/c1-8(2)10(11(13)14)12-7-5-4-6-9(12)3/h8-10H,4-7H2,1-3H3,(H,13,14)/t9-,10+/m0/s1. The van der Waals surface area contributed by atoms with E-state index in [2.05, 4.69) is 11.8 Å². The third-order valence-corrected chi connectivity index (χ3v) is 3.10. The van der Waals surface area contributed by atoms with Crippen molar-refractivity contribution < 1.29 is 9.90 Å². The van der Waals surface area contributed by atoms with Crippen LogP contribution in [0.3, 0.4) is 0 Å². The molecule has 82 valence electrons. The van der Waals surface area contributed by atoms with Gasteiger partial charge in [-0.05, 0) is 32.2 Å². The normalized spacial score (nSPS) is 26.4. The van der Waals surface area contributed by atoms with Crippen molar-refractivity contribution >= 4 is 5.97 Å². The lowest BCUT2D eigenvalue weighted by Crippen LogP contribution is -2.51. The number of aliphatic carboxylic acids is 1. The summed E-state index contributed by atoms with van der Waals surface area (Å²) >= 11 is 0. The lowest BCUT2D eigenvalue weighted by Gasteiger charge is -2.39. The third-order valence-electron chi connectivity index (χ3n) is 3.10. The van der Waals surface area contributed by atoms with Gasteiger partial charge in [0.2, 0.25) is 0 Å². The zero-order valence-electron chi connectivity index (χ0n) is 9.36. The second-order valence-corrected chi connectivity index (χ2v) is 4.61. The molecule has 14 heavy (non-hydrogen) atoms. The van der Waals surface area contributed by atoms with E-state index in [1.165, 1.54) is 6.42 Å². The van der Waals surface area contributed by atoms with Gasteiger partial charge in [-0.25, -0.2) is 0 Å². The van der Waals surface area contributed by atoms with Crippen LogP contribution < -0.4 is 0 Å². The fraction of sp³-hybridized carbons (Fsp3) is 0.909. The molecule has 0 unspecified atom stereocenters. The molecule has 1 N–H and O–H groups in total. The van der Waals surface area contributed by atoms with Gasteiger partial charge in [0.05, 0.1) is 0 Å². The zero-order chi connectivity index (χ0) is 10.7. The molecule has 2 atom stereocenters. The van der Waals surface area contributed by atoms with E-state index in [4.69, 9.17) is 0 Å². The molecule has 0 aliphatic carbocycles. The van der Waals surface area contributed by atoms with Crippen LogP contribution >= 0.6 is 0 Å². The van der Waals surface area contributed by atoms with E-state index in [9.17, 15) is 9.90 Å². The largest absolute Gasteiger partial charge is 0.480 e. The smallest absolute Gasteiger partial charge is 0.321 e. The zero-order valence-corrected chi connectivity index (χ0v) is 9.36. The van der Waals surface area contributed by atoms with Crippen LogP contribution in [0.1, 0.15) is 40.0 Å². The first kappa shape index (κ1) is 11.5. The summed E-state index contributed by atoms with van der Waals surface area (Å²) in [5.74, 6) is -0.484.